The van der Waals surface area contributed by atoms with Gasteiger partial charge in [-0.05, 0) is 12.3 Å². The quantitative estimate of drug-likeness (QED) is 0.421. The van der Waals surface area contributed by atoms with Crippen molar-refractivity contribution in [3.8, 4) is 0 Å². The van der Waals surface area contributed by atoms with E-state index in [0.29, 0.717) is 12.3 Å². The van der Waals surface area contributed by atoms with E-state index < -0.39 is 5.91 Å². The summed E-state index contributed by atoms with van der Waals surface area (Å²) in [6, 6.07) is 0. The molecule has 0 saturated heterocycles. The Labute approximate surface area is 77.5 Å². The third-order valence-electron chi connectivity index (χ3n) is 1.52. The molecule has 2 amide bonds. The van der Waals surface area contributed by atoms with E-state index >= 15 is 0 Å². The summed E-state index contributed by atoms with van der Waals surface area (Å²) in [6.07, 6.45) is 1.21. The molecule has 0 unspecified atom stereocenters. The lowest BCUT2D eigenvalue weighted by Gasteiger charge is -2.05. The Kier molecular flexibility index (Phi) is 5.88. The summed E-state index contributed by atoms with van der Waals surface area (Å²) in [6.45, 7) is 3.87. The van der Waals surface area contributed by atoms with Gasteiger partial charge < -0.3 is 5.32 Å². The summed E-state index contributed by atoms with van der Waals surface area (Å²) in [5, 5.41) is 10.5. The van der Waals surface area contributed by atoms with Crippen LogP contribution in [0.25, 0.3) is 0 Å². The van der Waals surface area contributed by atoms with Crippen LogP contribution in [0.15, 0.2) is 0 Å². The molecule has 0 rings (SSSR count). The zero-order valence-electron chi connectivity index (χ0n) is 7.96. The lowest BCUT2D eigenvalue weighted by Crippen LogP contribution is -2.35. The first-order valence-corrected chi connectivity index (χ1v) is 4.26. The van der Waals surface area contributed by atoms with Crippen molar-refractivity contribution in [1.82, 2.24) is 10.8 Å². The van der Waals surface area contributed by atoms with E-state index in [2.05, 4.69) is 5.32 Å². The van der Waals surface area contributed by atoms with Gasteiger partial charge in [-0.1, -0.05) is 13.8 Å². The van der Waals surface area contributed by atoms with Crippen molar-refractivity contribution in [2.45, 2.75) is 26.7 Å². The van der Waals surface area contributed by atoms with Gasteiger partial charge in [0.05, 0.1) is 6.54 Å². The topological polar surface area (TPSA) is 78.4 Å². The van der Waals surface area contributed by atoms with Gasteiger partial charge in [0.2, 0.25) is 5.91 Å². The van der Waals surface area contributed by atoms with Crippen LogP contribution in [0.3, 0.4) is 0 Å². The maximum atomic E-state index is 11.0. The number of carbonyl (C=O) groups excluding carboxylic acids is 2. The Bertz CT molecular complexity index is 180. The number of carbonyl (C=O) groups is 2. The van der Waals surface area contributed by atoms with Crippen LogP contribution < -0.4 is 10.8 Å². The summed E-state index contributed by atoms with van der Waals surface area (Å²) in [5.41, 5.74) is 1.43. The van der Waals surface area contributed by atoms with Crippen molar-refractivity contribution < 1.29 is 14.8 Å². The molecule has 0 fully saturated rings. The number of rotatable bonds is 5. The Hall–Kier alpha value is -1.10. The fraction of sp³-hybridized carbons (Fsp3) is 0.750. The molecular weight excluding hydrogens is 172 g/mol. The molecule has 0 aliphatic carbocycles. The van der Waals surface area contributed by atoms with Gasteiger partial charge in [0.25, 0.3) is 5.91 Å². The molecule has 76 valence electrons. The highest BCUT2D eigenvalue weighted by atomic mass is 16.5. The van der Waals surface area contributed by atoms with Crippen LogP contribution in [-0.4, -0.2) is 23.6 Å². The van der Waals surface area contributed by atoms with E-state index in [4.69, 9.17) is 5.21 Å². The standard InChI is InChI=1S/C8H16N2O3/c1-6(2)3-4-7(11)9-5-8(12)10-13/h6,13H,3-5H2,1-2H3,(H,9,11)(H,10,12). The molecule has 0 aromatic heterocycles. The minimum atomic E-state index is -0.613. The van der Waals surface area contributed by atoms with E-state index in [1.165, 1.54) is 5.48 Å². The van der Waals surface area contributed by atoms with E-state index in [-0.39, 0.29) is 12.5 Å². The maximum absolute atomic E-state index is 11.0. The van der Waals surface area contributed by atoms with Crippen LogP contribution in [0.1, 0.15) is 26.7 Å². The van der Waals surface area contributed by atoms with Crippen molar-refractivity contribution in [3.05, 3.63) is 0 Å². The van der Waals surface area contributed by atoms with Crippen molar-refractivity contribution in [1.29, 1.82) is 0 Å². The highest BCUT2D eigenvalue weighted by molar-refractivity contribution is 5.83. The van der Waals surface area contributed by atoms with Crippen LogP contribution in [0.4, 0.5) is 0 Å². The van der Waals surface area contributed by atoms with Crippen molar-refractivity contribution in [3.63, 3.8) is 0 Å². The van der Waals surface area contributed by atoms with Crippen LogP contribution in [0.5, 0.6) is 0 Å². The summed E-state index contributed by atoms with van der Waals surface area (Å²) < 4.78 is 0. The van der Waals surface area contributed by atoms with Gasteiger partial charge >= 0.3 is 0 Å². The SMILES string of the molecule is CC(C)CCC(=O)NCC(=O)NO. The Morgan fingerprint density at radius 2 is 1.92 bits per heavy atom. The van der Waals surface area contributed by atoms with Gasteiger partial charge in [0.15, 0.2) is 0 Å². The molecule has 3 N–H and O–H groups in total. The predicted molar refractivity (Wildman–Crippen MR) is 47.0 cm³/mol. The fourth-order valence-electron chi connectivity index (χ4n) is 0.727. The fourth-order valence-corrected chi connectivity index (χ4v) is 0.727. The van der Waals surface area contributed by atoms with Gasteiger partial charge in [0, 0.05) is 6.42 Å². The third kappa shape index (κ3) is 7.27. The third-order valence-corrected chi connectivity index (χ3v) is 1.52. The number of hydroxylamine groups is 1. The zero-order valence-corrected chi connectivity index (χ0v) is 7.96. The molecule has 0 bridgehead atoms. The second-order valence-corrected chi connectivity index (χ2v) is 3.24. The number of hydrogen-bond donors (Lipinski definition) is 3. The first-order chi connectivity index (χ1) is 6.06. The molecule has 0 aromatic rings. The van der Waals surface area contributed by atoms with Crippen molar-refractivity contribution in [2.24, 2.45) is 5.92 Å². The monoisotopic (exact) mass is 188 g/mol. The minimum absolute atomic E-state index is 0.169. The highest BCUT2D eigenvalue weighted by Crippen LogP contribution is 2.02. The first kappa shape index (κ1) is 11.9. The molecule has 0 radical (unpaired) electrons. The van der Waals surface area contributed by atoms with E-state index in [9.17, 15) is 9.59 Å². The predicted octanol–water partition coefficient (Wildman–Crippen LogP) is 0.0442. The molecule has 0 spiro atoms. The van der Waals surface area contributed by atoms with Gasteiger partial charge in [-0.15, -0.1) is 0 Å². The van der Waals surface area contributed by atoms with E-state index in [1.54, 1.807) is 0 Å². The van der Waals surface area contributed by atoms with Crippen molar-refractivity contribution in [2.75, 3.05) is 6.54 Å². The largest absolute Gasteiger partial charge is 0.347 e. The number of hydrogen-bond acceptors (Lipinski definition) is 3. The molecule has 0 aliphatic heterocycles. The molecule has 5 heteroatoms. The summed E-state index contributed by atoms with van der Waals surface area (Å²) in [5.74, 6) is -0.312. The maximum Gasteiger partial charge on any atom is 0.262 e. The normalized spacial score (nSPS) is 9.85. The Balaban J connectivity index is 3.46. The summed E-state index contributed by atoms with van der Waals surface area (Å²) >= 11 is 0. The lowest BCUT2D eigenvalue weighted by atomic mass is 10.1. The number of nitrogens with one attached hydrogen (secondary N) is 2. The molecule has 0 atom stereocenters. The van der Waals surface area contributed by atoms with E-state index in [1.807, 2.05) is 13.8 Å². The molecular formula is C8H16N2O3. The van der Waals surface area contributed by atoms with Crippen molar-refractivity contribution >= 4 is 11.8 Å². The van der Waals surface area contributed by atoms with Gasteiger partial charge in [-0.25, -0.2) is 5.48 Å². The molecule has 0 saturated carbocycles. The Morgan fingerprint density at radius 1 is 1.31 bits per heavy atom. The van der Waals surface area contributed by atoms with Crippen LogP contribution in [0.2, 0.25) is 0 Å². The highest BCUT2D eigenvalue weighted by Gasteiger charge is 2.04. The molecule has 13 heavy (non-hydrogen) atoms. The van der Waals surface area contributed by atoms with E-state index in [0.717, 1.165) is 6.42 Å². The summed E-state index contributed by atoms with van der Waals surface area (Å²) in [4.78, 5) is 21.5. The average molecular weight is 188 g/mol. The first-order valence-electron chi connectivity index (χ1n) is 4.26. The molecule has 0 heterocycles. The Morgan fingerprint density at radius 3 is 2.38 bits per heavy atom. The molecule has 0 aliphatic rings. The average Bonchev–Trinajstić information content (AvgIpc) is 2.10. The smallest absolute Gasteiger partial charge is 0.262 e. The lowest BCUT2D eigenvalue weighted by molar-refractivity contribution is -0.131. The van der Waals surface area contributed by atoms with Gasteiger partial charge in [-0.2, -0.15) is 0 Å². The number of amides is 2. The second-order valence-electron chi connectivity index (χ2n) is 3.24. The minimum Gasteiger partial charge on any atom is -0.347 e. The van der Waals surface area contributed by atoms with Crippen LogP contribution >= 0.6 is 0 Å². The second kappa shape index (κ2) is 6.42. The molecule has 0 aromatic carbocycles. The van der Waals surface area contributed by atoms with Crippen LogP contribution in [0, 0.1) is 5.92 Å². The van der Waals surface area contributed by atoms with Gasteiger partial charge in [0.1, 0.15) is 0 Å². The summed E-state index contributed by atoms with van der Waals surface area (Å²) in [7, 11) is 0. The van der Waals surface area contributed by atoms with Crippen LogP contribution in [-0.2, 0) is 9.59 Å². The zero-order chi connectivity index (χ0) is 10.3. The molecule has 5 nitrogen and oxygen atoms in total. The van der Waals surface area contributed by atoms with Gasteiger partial charge in [-0.3, -0.25) is 14.8 Å².